The van der Waals surface area contributed by atoms with E-state index in [0.717, 1.165) is 18.7 Å². The van der Waals surface area contributed by atoms with Crippen molar-refractivity contribution in [1.29, 1.82) is 0 Å². The highest BCUT2D eigenvalue weighted by atomic mass is 19.4. The molecule has 0 bridgehead atoms. The zero-order valence-electron chi connectivity index (χ0n) is 15.7. The van der Waals surface area contributed by atoms with Crippen LogP contribution in [0.5, 0.6) is 0 Å². The monoisotopic (exact) mass is 418 g/mol. The number of halogens is 4. The lowest BCUT2D eigenvalue weighted by Crippen LogP contribution is -2.34. The topological polar surface area (TPSA) is 61.0 Å². The molecule has 1 amide bonds. The molecule has 0 unspecified atom stereocenters. The van der Waals surface area contributed by atoms with Gasteiger partial charge in [-0.1, -0.05) is 12.1 Å². The minimum absolute atomic E-state index is 0.142. The average Bonchev–Trinajstić information content (AvgIpc) is 3.39. The van der Waals surface area contributed by atoms with Gasteiger partial charge in [0.15, 0.2) is 0 Å². The number of carbonyl (C=O) groups excluding carboxylic acids is 1. The second-order valence-electron chi connectivity index (χ2n) is 7.85. The van der Waals surface area contributed by atoms with Gasteiger partial charge in [-0.2, -0.15) is 13.2 Å². The smallest absolute Gasteiger partial charge is 0.334 e. The van der Waals surface area contributed by atoms with Crippen molar-refractivity contribution in [3.05, 3.63) is 65.2 Å². The number of benzene rings is 2. The Hall–Kier alpha value is -2.94. The summed E-state index contributed by atoms with van der Waals surface area (Å²) < 4.78 is 52.7. The number of hydrogen-bond acceptors (Lipinski definition) is 3. The lowest BCUT2D eigenvalue weighted by atomic mass is 9.89. The number of aromatic amines is 1. The summed E-state index contributed by atoms with van der Waals surface area (Å²) in [7, 11) is 0. The minimum Gasteiger partial charge on any atom is -0.334 e. The maximum atomic E-state index is 13.9. The number of nitrogens with zero attached hydrogens (tertiary/aromatic N) is 2. The molecule has 0 spiro atoms. The van der Waals surface area contributed by atoms with Gasteiger partial charge in [0, 0.05) is 31.1 Å². The van der Waals surface area contributed by atoms with Crippen LogP contribution in [-0.2, 0) is 6.18 Å². The molecule has 2 aromatic carbocycles. The van der Waals surface area contributed by atoms with E-state index in [0.29, 0.717) is 6.54 Å². The first-order chi connectivity index (χ1) is 14.3. The third-order valence-electron chi connectivity index (χ3n) is 6.01. The number of hydrogen-bond donors (Lipinski definition) is 2. The summed E-state index contributed by atoms with van der Waals surface area (Å²) in [5.41, 5.74) is 1.29. The number of aromatic nitrogens is 2. The van der Waals surface area contributed by atoms with Crippen molar-refractivity contribution < 1.29 is 22.4 Å². The van der Waals surface area contributed by atoms with Crippen LogP contribution >= 0.6 is 0 Å². The fourth-order valence-electron chi connectivity index (χ4n) is 4.69. The van der Waals surface area contributed by atoms with E-state index in [1.54, 1.807) is 11.0 Å². The summed E-state index contributed by atoms with van der Waals surface area (Å²) in [6.07, 6.45) is -4.59. The number of amides is 1. The van der Waals surface area contributed by atoms with Gasteiger partial charge >= 0.3 is 6.18 Å². The number of carbonyl (C=O) groups is 1. The van der Waals surface area contributed by atoms with Crippen molar-refractivity contribution in [3.8, 4) is 0 Å². The molecule has 3 heterocycles. The predicted octanol–water partition coefficient (Wildman–Crippen LogP) is 3.75. The SMILES string of the molecule is O=C(c1ccc2nc(C(F)(F)F)[nH]c2c1)N1C[C@@H]2CNC[C@@H]2[C@H]1c1cccc(F)c1. The summed E-state index contributed by atoms with van der Waals surface area (Å²) in [6, 6.07) is 10.2. The van der Waals surface area contributed by atoms with E-state index in [1.165, 1.54) is 30.3 Å². The van der Waals surface area contributed by atoms with Crippen molar-refractivity contribution in [2.75, 3.05) is 19.6 Å². The van der Waals surface area contributed by atoms with Crippen LogP contribution < -0.4 is 5.32 Å². The number of alkyl halides is 3. The van der Waals surface area contributed by atoms with Gasteiger partial charge in [-0.25, -0.2) is 9.37 Å². The van der Waals surface area contributed by atoms with Crippen molar-refractivity contribution in [2.24, 2.45) is 11.8 Å². The molecule has 5 rings (SSSR count). The van der Waals surface area contributed by atoms with Crippen LogP contribution in [0.1, 0.15) is 27.8 Å². The molecule has 5 nitrogen and oxygen atoms in total. The molecule has 2 saturated heterocycles. The van der Waals surface area contributed by atoms with E-state index >= 15 is 0 Å². The molecule has 1 aromatic heterocycles. The van der Waals surface area contributed by atoms with Crippen LogP contribution in [0.2, 0.25) is 0 Å². The van der Waals surface area contributed by atoms with Gasteiger partial charge in [0.2, 0.25) is 5.82 Å². The summed E-state index contributed by atoms with van der Waals surface area (Å²) in [6.45, 7) is 2.01. The lowest BCUT2D eigenvalue weighted by molar-refractivity contribution is -0.144. The molecule has 2 aliphatic heterocycles. The molecule has 9 heteroatoms. The van der Waals surface area contributed by atoms with E-state index in [-0.39, 0.29) is 46.2 Å². The third-order valence-corrected chi connectivity index (χ3v) is 6.01. The van der Waals surface area contributed by atoms with Crippen LogP contribution in [0.3, 0.4) is 0 Å². The minimum atomic E-state index is -4.59. The fraction of sp³-hybridized carbons (Fsp3) is 0.333. The van der Waals surface area contributed by atoms with Crippen LogP contribution in [0.15, 0.2) is 42.5 Å². The summed E-state index contributed by atoms with van der Waals surface area (Å²) in [5.74, 6) is -1.35. The second kappa shape index (κ2) is 6.80. The molecule has 2 fully saturated rings. The maximum Gasteiger partial charge on any atom is 0.449 e. The highest BCUT2D eigenvalue weighted by Crippen LogP contribution is 2.43. The van der Waals surface area contributed by atoms with E-state index < -0.39 is 12.0 Å². The molecule has 2 N–H and O–H groups in total. The first kappa shape index (κ1) is 19.0. The van der Waals surface area contributed by atoms with Gasteiger partial charge in [-0.3, -0.25) is 4.79 Å². The highest BCUT2D eigenvalue weighted by molar-refractivity contribution is 5.97. The molecule has 156 valence electrons. The highest BCUT2D eigenvalue weighted by Gasteiger charge is 2.47. The van der Waals surface area contributed by atoms with E-state index in [2.05, 4.69) is 15.3 Å². The number of likely N-dealkylation sites (tertiary alicyclic amines) is 1. The fourth-order valence-corrected chi connectivity index (χ4v) is 4.69. The third kappa shape index (κ3) is 3.13. The largest absolute Gasteiger partial charge is 0.449 e. The molecule has 0 radical (unpaired) electrons. The van der Waals surface area contributed by atoms with E-state index in [1.807, 2.05) is 6.07 Å². The Morgan fingerprint density at radius 3 is 2.73 bits per heavy atom. The molecular formula is C21H18F4N4O. The molecule has 3 atom stereocenters. The quantitative estimate of drug-likeness (QED) is 0.623. The Balaban J connectivity index is 1.51. The first-order valence-corrected chi connectivity index (χ1v) is 9.65. The van der Waals surface area contributed by atoms with E-state index in [9.17, 15) is 22.4 Å². The standard InChI is InChI=1S/C21H18F4N4O/c22-14-3-1-2-11(6-14)18-15-9-26-8-13(15)10-29(18)19(30)12-4-5-16-17(7-12)28-20(27-16)21(23,24)25/h1-7,13,15,18,26H,8-10H2,(H,27,28)/t13-,15-,18+/m0/s1. The average molecular weight is 418 g/mol. The molecule has 30 heavy (non-hydrogen) atoms. The van der Waals surface area contributed by atoms with E-state index in [4.69, 9.17) is 0 Å². The van der Waals surface area contributed by atoms with Crippen molar-refractivity contribution in [2.45, 2.75) is 12.2 Å². The van der Waals surface area contributed by atoms with Gasteiger partial charge in [-0.05, 0) is 41.8 Å². The van der Waals surface area contributed by atoms with Gasteiger partial charge < -0.3 is 15.2 Å². The van der Waals surface area contributed by atoms with Crippen molar-refractivity contribution in [1.82, 2.24) is 20.2 Å². The number of rotatable bonds is 2. The van der Waals surface area contributed by atoms with Crippen LogP contribution in [0, 0.1) is 17.7 Å². The zero-order valence-corrected chi connectivity index (χ0v) is 15.7. The normalized spacial score (nSPS) is 23.9. The number of fused-ring (bicyclic) bond motifs is 2. The molecule has 0 saturated carbocycles. The molecule has 3 aromatic rings. The van der Waals surface area contributed by atoms with Crippen LogP contribution in [0.4, 0.5) is 17.6 Å². The maximum absolute atomic E-state index is 13.9. The van der Waals surface area contributed by atoms with Gasteiger partial charge in [-0.15, -0.1) is 0 Å². The number of H-pyrrole nitrogens is 1. The van der Waals surface area contributed by atoms with Gasteiger partial charge in [0.25, 0.3) is 5.91 Å². The Morgan fingerprint density at radius 1 is 1.13 bits per heavy atom. The first-order valence-electron chi connectivity index (χ1n) is 9.65. The van der Waals surface area contributed by atoms with Gasteiger partial charge in [0.05, 0.1) is 17.1 Å². The lowest BCUT2D eigenvalue weighted by Gasteiger charge is -2.28. The summed E-state index contributed by atoms with van der Waals surface area (Å²) in [4.78, 5) is 20.9. The Morgan fingerprint density at radius 2 is 1.97 bits per heavy atom. The number of nitrogens with one attached hydrogen (secondary N) is 2. The summed E-state index contributed by atoms with van der Waals surface area (Å²) >= 11 is 0. The van der Waals surface area contributed by atoms with Gasteiger partial charge in [0.1, 0.15) is 5.82 Å². The summed E-state index contributed by atoms with van der Waals surface area (Å²) in [5, 5.41) is 3.33. The Labute approximate surface area is 169 Å². The zero-order chi connectivity index (χ0) is 21.0. The second-order valence-corrected chi connectivity index (χ2v) is 7.85. The molecule has 0 aliphatic carbocycles. The predicted molar refractivity (Wildman–Crippen MR) is 101 cm³/mol. The van der Waals surface area contributed by atoms with Crippen molar-refractivity contribution >= 4 is 16.9 Å². The molecule has 2 aliphatic rings. The molecular weight excluding hydrogens is 400 g/mol. The van der Waals surface area contributed by atoms with Crippen LogP contribution in [0.25, 0.3) is 11.0 Å². The van der Waals surface area contributed by atoms with Crippen molar-refractivity contribution in [3.63, 3.8) is 0 Å². The Bertz CT molecular complexity index is 1130. The number of imidazole rings is 1. The van der Waals surface area contributed by atoms with Crippen LogP contribution in [-0.4, -0.2) is 40.4 Å². The Kier molecular flexibility index (Phi) is 4.32.